The average Bonchev–Trinajstić information content (AvgIpc) is 3.00. The monoisotopic (exact) mass is 368 g/mol. The number of nitrogens with one attached hydrogen (secondary N) is 1. The Hall–Kier alpha value is -1.69. The first-order valence-electron chi connectivity index (χ1n) is 10.3. The first kappa shape index (κ1) is 17.4. The van der Waals surface area contributed by atoms with E-state index in [0.717, 1.165) is 56.5 Å². The minimum absolute atomic E-state index is 0.0147. The molecule has 3 aliphatic rings. The van der Waals surface area contributed by atoms with Crippen molar-refractivity contribution in [1.29, 1.82) is 0 Å². The lowest BCUT2D eigenvalue weighted by Crippen LogP contribution is -2.58. The fourth-order valence-electron chi connectivity index (χ4n) is 5.38. The van der Waals surface area contributed by atoms with Crippen LogP contribution in [-0.4, -0.2) is 42.3 Å². The van der Waals surface area contributed by atoms with Crippen LogP contribution in [0, 0.1) is 0 Å². The molecule has 1 spiro atoms. The highest BCUT2D eigenvalue weighted by Crippen LogP contribution is 2.39. The quantitative estimate of drug-likeness (QED) is 0.845. The molecule has 3 fully saturated rings. The largest absolute Gasteiger partial charge is 0.423 e. The number of benzene rings is 1. The second-order valence-corrected chi connectivity index (χ2v) is 8.56. The van der Waals surface area contributed by atoms with Crippen LogP contribution in [0.15, 0.2) is 33.5 Å². The first-order chi connectivity index (χ1) is 13.1. The summed E-state index contributed by atoms with van der Waals surface area (Å²) in [6, 6.07) is 9.05. The Kier molecular flexibility index (Phi) is 4.34. The predicted octanol–water partition coefficient (Wildman–Crippen LogP) is 2.84. The van der Waals surface area contributed by atoms with E-state index in [9.17, 15) is 4.79 Å². The van der Waals surface area contributed by atoms with E-state index in [0.29, 0.717) is 17.7 Å². The van der Waals surface area contributed by atoms with Crippen molar-refractivity contribution in [3.8, 4) is 0 Å². The first-order valence-corrected chi connectivity index (χ1v) is 10.3. The number of morpholine rings is 1. The maximum absolute atomic E-state index is 12.1. The van der Waals surface area contributed by atoms with E-state index >= 15 is 0 Å². The summed E-state index contributed by atoms with van der Waals surface area (Å²) >= 11 is 0. The molecular formula is C22H28N2O3. The van der Waals surface area contributed by atoms with Gasteiger partial charge < -0.3 is 14.5 Å². The molecule has 5 nitrogen and oxygen atoms in total. The number of ether oxygens (including phenoxy) is 1. The highest BCUT2D eigenvalue weighted by Gasteiger charge is 2.46. The average molecular weight is 368 g/mol. The van der Waals surface area contributed by atoms with Crippen LogP contribution in [0.2, 0.25) is 0 Å². The lowest BCUT2D eigenvalue weighted by molar-refractivity contribution is -0.133. The Morgan fingerprint density at radius 1 is 1.22 bits per heavy atom. The van der Waals surface area contributed by atoms with Crippen LogP contribution in [0.4, 0.5) is 0 Å². The van der Waals surface area contributed by atoms with Crippen LogP contribution >= 0.6 is 0 Å². The lowest BCUT2D eigenvalue weighted by atomic mass is 9.85. The Balaban J connectivity index is 1.42. The highest BCUT2D eigenvalue weighted by atomic mass is 16.5. The molecule has 4 heterocycles. The summed E-state index contributed by atoms with van der Waals surface area (Å²) in [5.74, 6) is 0. The maximum Gasteiger partial charge on any atom is 0.336 e. The summed E-state index contributed by atoms with van der Waals surface area (Å²) < 4.78 is 11.8. The van der Waals surface area contributed by atoms with Gasteiger partial charge >= 0.3 is 5.63 Å². The Labute approximate surface area is 159 Å². The summed E-state index contributed by atoms with van der Waals surface area (Å²) in [5, 5.41) is 4.79. The second-order valence-electron chi connectivity index (χ2n) is 8.56. The molecule has 5 heteroatoms. The van der Waals surface area contributed by atoms with Crippen molar-refractivity contribution in [2.24, 2.45) is 0 Å². The Bertz CT molecular complexity index is 894. The second kappa shape index (κ2) is 6.73. The molecule has 144 valence electrons. The van der Waals surface area contributed by atoms with E-state index in [1.165, 1.54) is 18.4 Å². The van der Waals surface area contributed by atoms with Gasteiger partial charge in [-0.05, 0) is 55.4 Å². The topological polar surface area (TPSA) is 54.7 Å². The molecule has 3 saturated heterocycles. The fourth-order valence-corrected chi connectivity index (χ4v) is 5.38. The van der Waals surface area contributed by atoms with Crippen molar-refractivity contribution in [3.63, 3.8) is 0 Å². The molecule has 0 saturated carbocycles. The molecule has 27 heavy (non-hydrogen) atoms. The van der Waals surface area contributed by atoms with Crippen molar-refractivity contribution in [2.45, 2.75) is 63.3 Å². The molecule has 1 aromatic carbocycles. The van der Waals surface area contributed by atoms with E-state index < -0.39 is 0 Å². The van der Waals surface area contributed by atoms with Crippen molar-refractivity contribution in [2.75, 3.05) is 19.7 Å². The minimum Gasteiger partial charge on any atom is -0.423 e. The molecule has 0 radical (unpaired) electrons. The maximum atomic E-state index is 12.1. The van der Waals surface area contributed by atoms with Gasteiger partial charge in [0.05, 0.1) is 12.2 Å². The van der Waals surface area contributed by atoms with E-state index in [1.54, 1.807) is 6.07 Å². The molecule has 2 aromatic rings. The highest BCUT2D eigenvalue weighted by molar-refractivity contribution is 5.80. The molecule has 3 aliphatic heterocycles. The summed E-state index contributed by atoms with van der Waals surface area (Å²) in [6.45, 7) is 5.58. The molecule has 1 unspecified atom stereocenters. The van der Waals surface area contributed by atoms with Crippen molar-refractivity contribution < 1.29 is 9.15 Å². The number of piperidine rings is 1. The van der Waals surface area contributed by atoms with Crippen molar-refractivity contribution >= 4 is 11.0 Å². The fraction of sp³-hybridized carbons (Fsp3) is 0.591. The SMILES string of the molecule is CCc1ccc2oc(=O)cc(CN3CCOC4(C[C@H]5CC[C@@H](C4)N5)C3)c2c1. The number of hydrogen-bond acceptors (Lipinski definition) is 5. The van der Waals surface area contributed by atoms with E-state index in [4.69, 9.17) is 9.15 Å². The molecule has 0 amide bonds. The third-order valence-electron chi connectivity index (χ3n) is 6.59. The third-order valence-corrected chi connectivity index (χ3v) is 6.59. The molecule has 1 aromatic heterocycles. The van der Waals surface area contributed by atoms with Gasteiger partial charge in [0.2, 0.25) is 0 Å². The zero-order chi connectivity index (χ0) is 18.4. The summed E-state index contributed by atoms with van der Waals surface area (Å²) in [7, 11) is 0. The molecule has 2 bridgehead atoms. The molecule has 1 N–H and O–H groups in total. The summed E-state index contributed by atoms with van der Waals surface area (Å²) in [6.07, 6.45) is 5.75. The molecular weight excluding hydrogens is 340 g/mol. The van der Waals surface area contributed by atoms with Crippen molar-refractivity contribution in [1.82, 2.24) is 10.2 Å². The zero-order valence-electron chi connectivity index (χ0n) is 16.0. The summed E-state index contributed by atoms with van der Waals surface area (Å²) in [4.78, 5) is 14.5. The van der Waals surface area contributed by atoms with Crippen LogP contribution in [0.3, 0.4) is 0 Å². The van der Waals surface area contributed by atoms with Crippen LogP contribution in [-0.2, 0) is 17.7 Å². The molecule has 0 aliphatic carbocycles. The summed E-state index contributed by atoms with van der Waals surface area (Å²) in [5.41, 5.74) is 2.76. The standard InChI is InChI=1S/C22H28N2O3/c1-2-15-3-6-20-19(9-15)16(10-21(25)27-20)13-24-7-8-26-22(14-24)11-17-4-5-18(12-22)23-17/h3,6,9-10,17-18,23H,2,4-5,7-8,11-14H2,1H3/t17-,18+,22?. The van der Waals surface area contributed by atoms with E-state index in [1.807, 2.05) is 12.1 Å². The van der Waals surface area contributed by atoms with Gasteiger partial charge in [-0.25, -0.2) is 4.79 Å². The van der Waals surface area contributed by atoms with Crippen LogP contribution in [0.5, 0.6) is 0 Å². The normalized spacial score (nSPS) is 31.0. The number of aryl methyl sites for hydroxylation is 1. The van der Waals surface area contributed by atoms with E-state index in [2.05, 4.69) is 23.2 Å². The Morgan fingerprint density at radius 3 is 2.81 bits per heavy atom. The van der Waals surface area contributed by atoms with Gasteiger partial charge in [0.1, 0.15) is 5.58 Å². The number of nitrogens with zero attached hydrogens (tertiary/aromatic N) is 1. The van der Waals surface area contributed by atoms with Gasteiger partial charge in [-0.1, -0.05) is 13.0 Å². The third kappa shape index (κ3) is 3.33. The van der Waals surface area contributed by atoms with Gasteiger partial charge in [0, 0.05) is 43.2 Å². The van der Waals surface area contributed by atoms with Gasteiger partial charge in [-0.2, -0.15) is 0 Å². The van der Waals surface area contributed by atoms with Crippen LogP contribution < -0.4 is 10.9 Å². The number of hydrogen-bond donors (Lipinski definition) is 1. The molecule has 3 atom stereocenters. The van der Waals surface area contributed by atoms with Gasteiger partial charge in [0.25, 0.3) is 0 Å². The Morgan fingerprint density at radius 2 is 2.04 bits per heavy atom. The van der Waals surface area contributed by atoms with Gasteiger partial charge in [-0.3, -0.25) is 4.90 Å². The predicted molar refractivity (Wildman–Crippen MR) is 105 cm³/mol. The number of fused-ring (bicyclic) bond motifs is 3. The van der Waals surface area contributed by atoms with Crippen molar-refractivity contribution in [3.05, 3.63) is 45.8 Å². The minimum atomic E-state index is -0.260. The number of rotatable bonds is 3. The van der Waals surface area contributed by atoms with Crippen LogP contribution in [0.25, 0.3) is 11.0 Å². The lowest BCUT2D eigenvalue weighted by Gasteiger charge is -2.47. The zero-order valence-corrected chi connectivity index (χ0v) is 16.0. The smallest absolute Gasteiger partial charge is 0.336 e. The van der Waals surface area contributed by atoms with Gasteiger partial charge in [0.15, 0.2) is 0 Å². The van der Waals surface area contributed by atoms with Gasteiger partial charge in [-0.15, -0.1) is 0 Å². The van der Waals surface area contributed by atoms with Crippen LogP contribution in [0.1, 0.15) is 43.7 Å². The molecule has 5 rings (SSSR count). The van der Waals surface area contributed by atoms with E-state index in [-0.39, 0.29) is 11.2 Å².